The molecule has 2 aromatic heterocycles. The average molecular weight is 515 g/mol. The van der Waals surface area contributed by atoms with E-state index < -0.39 is 11.7 Å². The van der Waals surface area contributed by atoms with Crippen molar-refractivity contribution >= 4 is 17.4 Å². The molecule has 37 heavy (non-hydrogen) atoms. The molecule has 3 aliphatic rings. The summed E-state index contributed by atoms with van der Waals surface area (Å²) in [5, 5.41) is 9.08. The molecular weight excluding hydrogens is 485 g/mol. The molecule has 0 bridgehead atoms. The first kappa shape index (κ1) is 24.0. The quantitative estimate of drug-likeness (QED) is 0.523. The maximum Gasteiger partial charge on any atom is 0.417 e. The Hall–Kier alpha value is -3.34. The van der Waals surface area contributed by atoms with Crippen LogP contribution in [0, 0.1) is 0 Å². The molecule has 0 aliphatic carbocycles. The third-order valence-electron chi connectivity index (χ3n) is 7.68. The van der Waals surface area contributed by atoms with Crippen LogP contribution < -0.4 is 4.90 Å². The Morgan fingerprint density at radius 3 is 2.70 bits per heavy atom. The van der Waals surface area contributed by atoms with Crippen molar-refractivity contribution in [2.24, 2.45) is 7.05 Å². The Morgan fingerprint density at radius 1 is 1.19 bits per heavy atom. The van der Waals surface area contributed by atoms with Gasteiger partial charge in [-0.3, -0.25) is 14.2 Å². The first-order chi connectivity index (χ1) is 17.7. The summed E-state index contributed by atoms with van der Waals surface area (Å²) in [7, 11) is 1.69. The van der Waals surface area contributed by atoms with E-state index >= 15 is 0 Å². The van der Waals surface area contributed by atoms with Gasteiger partial charge in [0.25, 0.3) is 0 Å². The van der Waals surface area contributed by atoms with E-state index in [2.05, 4.69) is 5.10 Å². The lowest BCUT2D eigenvalue weighted by atomic mass is 9.92. The van der Waals surface area contributed by atoms with Crippen molar-refractivity contribution < 1.29 is 22.7 Å². The molecule has 0 spiro atoms. The molecule has 1 aromatic carbocycles. The zero-order valence-electron chi connectivity index (χ0n) is 20.9. The topological polar surface area (TPSA) is 68.4 Å². The number of halogens is 3. The van der Waals surface area contributed by atoms with Gasteiger partial charge >= 0.3 is 6.18 Å². The van der Waals surface area contributed by atoms with E-state index in [0.717, 1.165) is 29.7 Å². The number of rotatable bonds is 3. The highest BCUT2D eigenvalue weighted by molar-refractivity contribution is 5.78. The highest BCUT2D eigenvalue weighted by atomic mass is 19.4. The molecule has 0 unspecified atom stereocenters. The van der Waals surface area contributed by atoms with Crippen LogP contribution in [0.2, 0.25) is 0 Å². The predicted octanol–water partition coefficient (Wildman–Crippen LogP) is 4.25. The summed E-state index contributed by atoms with van der Waals surface area (Å²) in [4.78, 5) is 15.9. The van der Waals surface area contributed by atoms with Crippen LogP contribution in [-0.2, 0) is 42.1 Å². The van der Waals surface area contributed by atoms with Gasteiger partial charge in [-0.2, -0.15) is 23.4 Å². The fraction of sp³-hybridized carbons (Fsp3) is 0.500. The zero-order valence-corrected chi connectivity index (χ0v) is 20.9. The number of hydrogen-bond donors (Lipinski definition) is 0. The van der Waals surface area contributed by atoms with Crippen molar-refractivity contribution in [3.05, 3.63) is 46.9 Å². The van der Waals surface area contributed by atoms with E-state index in [0.29, 0.717) is 62.8 Å². The maximum atomic E-state index is 14.3. The number of ether oxygens (including phenoxy) is 1. The fourth-order valence-corrected chi connectivity index (χ4v) is 5.82. The Morgan fingerprint density at radius 2 is 2.03 bits per heavy atom. The van der Waals surface area contributed by atoms with E-state index in [-0.39, 0.29) is 17.5 Å². The Balaban J connectivity index is 1.50. The number of carbonyl (C=O) groups excluding carboxylic acids is 1. The SMILES string of the molecule is CC(=O)N1CCc2c(c(N3CCCc4cc(-c5cnn(C)c5)c(C(F)(F)F)cc43)nn2[C@H]2CCOC2)C1. The van der Waals surface area contributed by atoms with Crippen molar-refractivity contribution in [1.29, 1.82) is 0 Å². The molecule has 196 valence electrons. The normalized spacial score (nSPS) is 19.8. The maximum absolute atomic E-state index is 14.3. The number of aromatic nitrogens is 4. The van der Waals surface area contributed by atoms with Crippen LogP contribution in [0.5, 0.6) is 0 Å². The molecule has 5 heterocycles. The van der Waals surface area contributed by atoms with Crippen molar-refractivity contribution in [1.82, 2.24) is 24.5 Å². The lowest BCUT2D eigenvalue weighted by Crippen LogP contribution is -2.35. The van der Waals surface area contributed by atoms with E-state index in [1.807, 2.05) is 9.58 Å². The molecule has 11 heteroatoms. The molecular formula is C26H29F3N6O2. The number of hydrogen-bond acceptors (Lipinski definition) is 5. The Bertz CT molecular complexity index is 1360. The number of amides is 1. The van der Waals surface area contributed by atoms with Gasteiger partial charge in [0.15, 0.2) is 5.82 Å². The average Bonchev–Trinajstić information content (AvgIpc) is 3.61. The van der Waals surface area contributed by atoms with Crippen LogP contribution in [0.25, 0.3) is 11.1 Å². The number of aryl methyl sites for hydroxylation is 2. The first-order valence-electron chi connectivity index (χ1n) is 12.6. The monoisotopic (exact) mass is 514 g/mol. The van der Waals surface area contributed by atoms with Gasteiger partial charge in [-0.1, -0.05) is 0 Å². The standard InChI is InChI=1S/C26H29F3N6O2/c1-16(36)33-8-5-23-21(14-33)25(31-35(23)19-6-9-37-15-19)34-7-3-4-17-10-20(18-12-30-32(2)13-18)22(11-24(17)34)26(27,28)29/h10-13,19H,3-9,14-15H2,1-2H3/t19-/m0/s1. The second-order valence-corrected chi connectivity index (χ2v) is 10.1. The van der Waals surface area contributed by atoms with Crippen LogP contribution in [0.15, 0.2) is 24.5 Å². The minimum Gasteiger partial charge on any atom is -0.379 e. The van der Waals surface area contributed by atoms with Gasteiger partial charge in [-0.15, -0.1) is 0 Å². The molecule has 3 aromatic rings. The number of benzene rings is 1. The summed E-state index contributed by atoms with van der Waals surface area (Å²) in [6.07, 6.45) is 1.51. The van der Waals surface area contributed by atoms with Crippen molar-refractivity contribution in [3.8, 4) is 11.1 Å². The van der Waals surface area contributed by atoms with E-state index in [1.54, 1.807) is 31.1 Å². The summed E-state index contributed by atoms with van der Waals surface area (Å²) >= 11 is 0. The zero-order chi connectivity index (χ0) is 25.9. The largest absolute Gasteiger partial charge is 0.417 e. The highest BCUT2D eigenvalue weighted by Crippen LogP contribution is 2.45. The van der Waals surface area contributed by atoms with Gasteiger partial charge in [-0.25, -0.2) is 0 Å². The lowest BCUT2D eigenvalue weighted by molar-refractivity contribution is -0.137. The Kier molecular flexibility index (Phi) is 5.78. The van der Waals surface area contributed by atoms with E-state index in [4.69, 9.17) is 9.84 Å². The summed E-state index contributed by atoms with van der Waals surface area (Å²) in [5.74, 6) is 0.629. The summed E-state index contributed by atoms with van der Waals surface area (Å²) in [5.41, 5.74) is 3.25. The number of alkyl halides is 3. The molecule has 0 N–H and O–H groups in total. The van der Waals surface area contributed by atoms with Crippen LogP contribution in [0.4, 0.5) is 24.7 Å². The Labute approximate surface area is 212 Å². The smallest absolute Gasteiger partial charge is 0.379 e. The van der Waals surface area contributed by atoms with Gasteiger partial charge in [0, 0.05) is 68.8 Å². The number of anilines is 2. The van der Waals surface area contributed by atoms with Crippen LogP contribution in [0.1, 0.15) is 48.2 Å². The van der Waals surface area contributed by atoms with Crippen LogP contribution in [-0.4, -0.2) is 56.7 Å². The van der Waals surface area contributed by atoms with Crippen molar-refractivity contribution in [2.45, 2.75) is 51.4 Å². The number of carbonyl (C=O) groups is 1. The summed E-state index contributed by atoms with van der Waals surface area (Å²) in [6, 6.07) is 3.03. The second-order valence-electron chi connectivity index (χ2n) is 10.1. The molecule has 1 amide bonds. The number of nitrogens with zero attached hydrogens (tertiary/aromatic N) is 6. The fourth-order valence-electron chi connectivity index (χ4n) is 5.82. The van der Waals surface area contributed by atoms with Crippen molar-refractivity contribution in [2.75, 3.05) is 31.2 Å². The van der Waals surface area contributed by atoms with Gasteiger partial charge in [0.1, 0.15) is 0 Å². The van der Waals surface area contributed by atoms with Crippen molar-refractivity contribution in [3.63, 3.8) is 0 Å². The molecule has 1 atom stereocenters. The third-order valence-corrected chi connectivity index (χ3v) is 7.68. The molecule has 1 fully saturated rings. The summed E-state index contributed by atoms with van der Waals surface area (Å²) in [6.45, 7) is 4.33. The van der Waals surface area contributed by atoms with Gasteiger partial charge in [0.2, 0.25) is 5.91 Å². The summed E-state index contributed by atoms with van der Waals surface area (Å²) < 4.78 is 52.1. The van der Waals surface area contributed by atoms with Crippen LogP contribution >= 0.6 is 0 Å². The lowest BCUT2D eigenvalue weighted by Gasteiger charge is -2.33. The third kappa shape index (κ3) is 4.18. The molecule has 6 rings (SSSR count). The molecule has 0 saturated carbocycles. The molecule has 8 nitrogen and oxygen atoms in total. The highest BCUT2D eigenvalue weighted by Gasteiger charge is 2.38. The molecule has 1 saturated heterocycles. The first-order valence-corrected chi connectivity index (χ1v) is 12.6. The minimum absolute atomic E-state index is 0.0203. The van der Waals surface area contributed by atoms with E-state index in [9.17, 15) is 18.0 Å². The van der Waals surface area contributed by atoms with Gasteiger partial charge in [0.05, 0.1) is 31.0 Å². The minimum atomic E-state index is -4.53. The van der Waals surface area contributed by atoms with E-state index in [1.165, 1.54) is 16.9 Å². The second kappa shape index (κ2) is 8.90. The predicted molar refractivity (Wildman–Crippen MR) is 130 cm³/mol. The molecule has 0 radical (unpaired) electrons. The van der Waals surface area contributed by atoms with Gasteiger partial charge < -0.3 is 14.5 Å². The molecule has 3 aliphatic heterocycles. The van der Waals surface area contributed by atoms with Gasteiger partial charge in [-0.05, 0) is 42.5 Å². The van der Waals surface area contributed by atoms with Crippen LogP contribution in [0.3, 0.4) is 0 Å². The number of fused-ring (bicyclic) bond motifs is 2.